The summed E-state index contributed by atoms with van der Waals surface area (Å²) in [6.45, 7) is 0.558. The maximum atomic E-state index is 13.4. The summed E-state index contributed by atoms with van der Waals surface area (Å²) in [4.78, 5) is 31.4. The Kier molecular flexibility index (Phi) is 6.78. The summed E-state index contributed by atoms with van der Waals surface area (Å²) in [6, 6.07) is 10.8. The number of aryl methyl sites for hydroxylation is 1. The van der Waals surface area contributed by atoms with Gasteiger partial charge in [-0.05, 0) is 29.8 Å². The van der Waals surface area contributed by atoms with Crippen molar-refractivity contribution in [2.45, 2.75) is 23.0 Å². The number of benzene rings is 2. The molecule has 0 atom stereocenters. The van der Waals surface area contributed by atoms with Gasteiger partial charge in [0.05, 0.1) is 36.2 Å². The van der Waals surface area contributed by atoms with E-state index in [1.54, 1.807) is 32.4 Å². The Labute approximate surface area is 210 Å². The highest BCUT2D eigenvalue weighted by molar-refractivity contribution is 8.00. The van der Waals surface area contributed by atoms with Gasteiger partial charge < -0.3 is 24.3 Å². The Morgan fingerprint density at radius 1 is 1.14 bits per heavy atom. The SMILES string of the molecule is COc1ccc(-n2c(SCC(=O)NCc3ccc4c(c3)OCO4)nc3c(c2=O)SCC3)cc1OC. The Morgan fingerprint density at radius 2 is 1.97 bits per heavy atom. The summed E-state index contributed by atoms with van der Waals surface area (Å²) < 4.78 is 23.0. The molecule has 3 heterocycles. The van der Waals surface area contributed by atoms with E-state index in [-0.39, 0.29) is 24.0 Å². The number of thioether (sulfide) groups is 2. The van der Waals surface area contributed by atoms with Gasteiger partial charge in [-0.3, -0.25) is 14.2 Å². The smallest absolute Gasteiger partial charge is 0.272 e. The minimum absolute atomic E-state index is 0.107. The van der Waals surface area contributed by atoms with Crippen LogP contribution in [-0.2, 0) is 17.8 Å². The summed E-state index contributed by atoms with van der Waals surface area (Å²) in [5.74, 6) is 3.18. The number of nitrogens with zero attached hydrogens (tertiary/aromatic N) is 2. The lowest BCUT2D eigenvalue weighted by atomic mass is 10.2. The zero-order valence-electron chi connectivity index (χ0n) is 19.2. The lowest BCUT2D eigenvalue weighted by Crippen LogP contribution is -2.27. The molecule has 1 aromatic heterocycles. The molecule has 9 nitrogen and oxygen atoms in total. The molecule has 0 unspecified atom stereocenters. The Balaban J connectivity index is 1.35. The molecule has 182 valence electrons. The number of carbonyl (C=O) groups is 1. The number of carbonyl (C=O) groups excluding carboxylic acids is 1. The molecular formula is C24H23N3O6S2. The first-order valence-corrected chi connectivity index (χ1v) is 12.8. The topological polar surface area (TPSA) is 101 Å². The second kappa shape index (κ2) is 10.1. The molecule has 0 spiro atoms. The van der Waals surface area contributed by atoms with Crippen LogP contribution < -0.4 is 29.8 Å². The molecular weight excluding hydrogens is 490 g/mol. The molecule has 0 aliphatic carbocycles. The Hall–Kier alpha value is -3.31. The molecule has 35 heavy (non-hydrogen) atoms. The van der Waals surface area contributed by atoms with Gasteiger partial charge in [0.25, 0.3) is 5.56 Å². The third kappa shape index (κ3) is 4.78. The first-order chi connectivity index (χ1) is 17.1. The van der Waals surface area contributed by atoms with E-state index >= 15 is 0 Å². The van der Waals surface area contributed by atoms with Crippen molar-refractivity contribution in [1.29, 1.82) is 0 Å². The van der Waals surface area contributed by atoms with E-state index in [2.05, 4.69) is 5.32 Å². The lowest BCUT2D eigenvalue weighted by molar-refractivity contribution is -0.118. The highest BCUT2D eigenvalue weighted by atomic mass is 32.2. The lowest BCUT2D eigenvalue weighted by Gasteiger charge is -2.15. The fourth-order valence-electron chi connectivity index (χ4n) is 3.81. The number of fused-ring (bicyclic) bond motifs is 2. The molecule has 11 heteroatoms. The van der Waals surface area contributed by atoms with Crippen LogP contribution in [0.4, 0.5) is 0 Å². The van der Waals surface area contributed by atoms with Crippen molar-refractivity contribution in [3.63, 3.8) is 0 Å². The van der Waals surface area contributed by atoms with Crippen molar-refractivity contribution in [3.05, 3.63) is 58.0 Å². The average Bonchev–Trinajstić information content (AvgIpc) is 3.55. The van der Waals surface area contributed by atoms with Gasteiger partial charge in [-0.25, -0.2) is 4.98 Å². The van der Waals surface area contributed by atoms with Crippen LogP contribution in [0.15, 0.2) is 51.2 Å². The number of methoxy groups -OCH3 is 2. The minimum atomic E-state index is -0.171. The monoisotopic (exact) mass is 513 g/mol. The number of rotatable bonds is 8. The van der Waals surface area contributed by atoms with Gasteiger partial charge in [0.2, 0.25) is 12.7 Å². The molecule has 2 aromatic carbocycles. The van der Waals surface area contributed by atoms with Crippen LogP contribution in [0, 0.1) is 0 Å². The van der Waals surface area contributed by atoms with Crippen LogP contribution in [0.5, 0.6) is 23.0 Å². The van der Waals surface area contributed by atoms with Crippen LogP contribution in [0.3, 0.4) is 0 Å². The molecule has 0 saturated carbocycles. The number of ether oxygens (including phenoxy) is 4. The normalized spacial score (nSPS) is 13.4. The van der Waals surface area contributed by atoms with Crippen molar-refractivity contribution in [2.24, 2.45) is 0 Å². The predicted molar refractivity (Wildman–Crippen MR) is 133 cm³/mol. The highest BCUT2D eigenvalue weighted by Crippen LogP contribution is 2.34. The summed E-state index contributed by atoms with van der Waals surface area (Å²) in [7, 11) is 3.10. The summed E-state index contributed by atoms with van der Waals surface area (Å²) in [5, 5.41) is 3.37. The third-order valence-electron chi connectivity index (χ3n) is 5.55. The van der Waals surface area contributed by atoms with Crippen LogP contribution >= 0.6 is 23.5 Å². The van der Waals surface area contributed by atoms with E-state index in [0.29, 0.717) is 45.3 Å². The number of amides is 1. The Morgan fingerprint density at radius 3 is 2.80 bits per heavy atom. The summed E-state index contributed by atoms with van der Waals surface area (Å²) in [6.07, 6.45) is 0.728. The summed E-state index contributed by atoms with van der Waals surface area (Å²) in [5.41, 5.74) is 2.13. The van der Waals surface area contributed by atoms with E-state index in [9.17, 15) is 9.59 Å². The standard InChI is InChI=1S/C24H23N3O6S2/c1-30-17-6-4-15(10-19(17)31-2)27-23(29)22-16(7-8-34-22)26-24(27)35-12-21(28)25-11-14-3-5-18-20(9-14)33-13-32-18/h3-6,9-10H,7-8,11-13H2,1-2H3,(H,25,28). The third-order valence-corrected chi connectivity index (χ3v) is 7.60. The van der Waals surface area contributed by atoms with E-state index in [0.717, 1.165) is 23.4 Å². The molecule has 2 aliphatic rings. The molecule has 1 amide bonds. The van der Waals surface area contributed by atoms with Crippen LogP contribution in [-0.4, -0.2) is 48.0 Å². The molecule has 0 fully saturated rings. The highest BCUT2D eigenvalue weighted by Gasteiger charge is 2.23. The van der Waals surface area contributed by atoms with Crippen molar-refractivity contribution in [3.8, 4) is 28.7 Å². The van der Waals surface area contributed by atoms with Gasteiger partial charge in [-0.1, -0.05) is 17.8 Å². The van der Waals surface area contributed by atoms with Gasteiger partial charge in [0.15, 0.2) is 28.2 Å². The minimum Gasteiger partial charge on any atom is -0.493 e. The Bertz CT molecular complexity index is 1340. The first-order valence-electron chi connectivity index (χ1n) is 10.9. The first kappa shape index (κ1) is 23.4. The second-order valence-corrected chi connectivity index (χ2v) is 9.75. The van der Waals surface area contributed by atoms with E-state index in [1.807, 2.05) is 18.2 Å². The zero-order valence-corrected chi connectivity index (χ0v) is 20.8. The van der Waals surface area contributed by atoms with Gasteiger partial charge >= 0.3 is 0 Å². The van der Waals surface area contributed by atoms with Crippen molar-refractivity contribution in [1.82, 2.24) is 14.9 Å². The number of hydrogen-bond donors (Lipinski definition) is 1. The fourth-order valence-corrected chi connectivity index (χ4v) is 5.70. The van der Waals surface area contributed by atoms with Crippen LogP contribution in [0.1, 0.15) is 11.3 Å². The van der Waals surface area contributed by atoms with Gasteiger partial charge in [0.1, 0.15) is 0 Å². The van der Waals surface area contributed by atoms with Crippen molar-refractivity contribution < 1.29 is 23.7 Å². The number of aromatic nitrogens is 2. The average molecular weight is 514 g/mol. The maximum Gasteiger partial charge on any atom is 0.272 e. The van der Waals surface area contributed by atoms with Crippen LogP contribution in [0.25, 0.3) is 5.69 Å². The van der Waals surface area contributed by atoms with E-state index < -0.39 is 0 Å². The van der Waals surface area contributed by atoms with E-state index in [4.69, 9.17) is 23.9 Å². The van der Waals surface area contributed by atoms with Gasteiger partial charge in [-0.2, -0.15) is 0 Å². The maximum absolute atomic E-state index is 13.4. The molecule has 5 rings (SSSR count). The molecule has 0 radical (unpaired) electrons. The van der Waals surface area contributed by atoms with Gasteiger partial charge in [-0.15, -0.1) is 11.8 Å². The second-order valence-electron chi connectivity index (χ2n) is 7.70. The van der Waals surface area contributed by atoms with Gasteiger partial charge in [0, 0.05) is 24.8 Å². The largest absolute Gasteiger partial charge is 0.493 e. The fraction of sp³-hybridized carbons (Fsp3) is 0.292. The van der Waals surface area contributed by atoms with Crippen LogP contribution in [0.2, 0.25) is 0 Å². The quantitative estimate of drug-likeness (QED) is 0.360. The van der Waals surface area contributed by atoms with Crippen molar-refractivity contribution in [2.75, 3.05) is 32.5 Å². The van der Waals surface area contributed by atoms with E-state index in [1.165, 1.54) is 28.1 Å². The molecule has 2 aliphatic heterocycles. The summed E-state index contributed by atoms with van der Waals surface area (Å²) >= 11 is 2.73. The predicted octanol–water partition coefficient (Wildman–Crippen LogP) is 3.04. The zero-order chi connectivity index (χ0) is 24.4. The number of hydrogen-bond acceptors (Lipinski definition) is 9. The molecule has 3 aromatic rings. The van der Waals surface area contributed by atoms with Crippen molar-refractivity contribution >= 4 is 29.4 Å². The molecule has 1 N–H and O–H groups in total. The number of nitrogens with one attached hydrogen (secondary N) is 1. The molecule has 0 saturated heterocycles. The molecule has 0 bridgehead atoms.